The van der Waals surface area contributed by atoms with Gasteiger partial charge in [-0.3, -0.25) is 4.90 Å². The maximum absolute atomic E-state index is 5.73. The third-order valence-electron chi connectivity index (χ3n) is 8.51. The van der Waals surface area contributed by atoms with Crippen molar-refractivity contribution in [2.45, 2.75) is 84.6 Å². The molecule has 7 heteroatoms. The molecule has 1 saturated heterocycles. The Labute approximate surface area is 211 Å². The summed E-state index contributed by atoms with van der Waals surface area (Å²) in [4.78, 5) is 13.8. The molecule has 0 bridgehead atoms. The molecule has 35 heavy (non-hydrogen) atoms. The Bertz CT molecular complexity index is 1370. The van der Waals surface area contributed by atoms with Crippen LogP contribution in [0.1, 0.15) is 84.9 Å². The summed E-state index contributed by atoms with van der Waals surface area (Å²) in [5.41, 5.74) is 8.84. The lowest BCUT2D eigenvalue weighted by Gasteiger charge is -2.38. The zero-order chi connectivity index (χ0) is 24.3. The van der Waals surface area contributed by atoms with Crippen LogP contribution in [0.2, 0.25) is 0 Å². The number of hydrogen-bond acceptors (Lipinski definition) is 5. The topological polar surface area (TPSA) is 58.5 Å². The van der Waals surface area contributed by atoms with Gasteiger partial charge in [0.2, 0.25) is 0 Å². The predicted octanol–water partition coefficient (Wildman–Crippen LogP) is 6.69. The summed E-state index contributed by atoms with van der Waals surface area (Å²) < 4.78 is 7.65. The highest BCUT2D eigenvalue weighted by atomic mass is 32.1. The van der Waals surface area contributed by atoms with E-state index >= 15 is 0 Å². The van der Waals surface area contributed by atoms with Gasteiger partial charge in [-0.1, -0.05) is 13.8 Å². The quantitative estimate of drug-likeness (QED) is 0.345. The average Bonchev–Trinajstić information content (AvgIpc) is 3.57. The fraction of sp³-hybridized carbons (Fsp3) is 0.571. The standard InChI is InChI=1S/C28H37N5OS/c1-16(2)23-24-19(5)26(20-7-9-21(10-8-20)32-11-6-12-34-15-32)35-28(24)31-25(23)22-13-33-27(29-14-30-33)18(4)17(22)3/h13-14,16,20-21,31H,6-12,15H2,1-5H3. The molecular weight excluding hydrogens is 454 g/mol. The number of rotatable bonds is 4. The molecule has 1 aliphatic carbocycles. The molecule has 0 radical (unpaired) electrons. The van der Waals surface area contributed by atoms with E-state index in [2.05, 4.69) is 60.8 Å². The normalized spacial score (nSPS) is 22.1. The Morgan fingerprint density at radius 1 is 1.09 bits per heavy atom. The van der Waals surface area contributed by atoms with Gasteiger partial charge in [-0.25, -0.2) is 9.50 Å². The molecule has 2 fully saturated rings. The van der Waals surface area contributed by atoms with Crippen molar-refractivity contribution in [1.29, 1.82) is 0 Å². The first-order valence-corrected chi connectivity index (χ1v) is 14.0. The zero-order valence-electron chi connectivity index (χ0n) is 21.6. The Balaban J connectivity index is 1.35. The Hall–Kier alpha value is -2.22. The lowest BCUT2D eigenvalue weighted by Crippen LogP contribution is -2.42. The van der Waals surface area contributed by atoms with E-state index in [0.717, 1.165) is 19.0 Å². The van der Waals surface area contributed by atoms with Gasteiger partial charge in [0, 0.05) is 41.2 Å². The van der Waals surface area contributed by atoms with Crippen LogP contribution >= 0.6 is 11.3 Å². The molecule has 1 aliphatic heterocycles. The van der Waals surface area contributed by atoms with Crippen molar-refractivity contribution in [2.24, 2.45) is 0 Å². The number of aromatic amines is 1. The third kappa shape index (κ3) is 3.83. The molecule has 1 N–H and O–H groups in total. The number of thiophene rings is 1. The number of H-pyrrole nitrogens is 1. The number of fused-ring (bicyclic) bond motifs is 2. The van der Waals surface area contributed by atoms with E-state index in [1.807, 2.05) is 15.9 Å². The van der Waals surface area contributed by atoms with Crippen LogP contribution in [-0.2, 0) is 4.74 Å². The van der Waals surface area contributed by atoms with Gasteiger partial charge < -0.3 is 9.72 Å². The fourth-order valence-corrected chi connectivity index (χ4v) is 7.89. The smallest absolute Gasteiger partial charge is 0.158 e. The molecule has 0 unspecified atom stereocenters. The van der Waals surface area contributed by atoms with E-state index in [-0.39, 0.29) is 0 Å². The molecule has 6 rings (SSSR count). The van der Waals surface area contributed by atoms with E-state index in [4.69, 9.17) is 4.74 Å². The van der Waals surface area contributed by atoms with Gasteiger partial charge in [0.15, 0.2) is 5.65 Å². The SMILES string of the molecule is Cc1c(-c2[nH]c3sc(C4CCC(N5CCCOC5)CC4)c(C)c3c2C(C)C)cn2ncnc2c1C. The van der Waals surface area contributed by atoms with Gasteiger partial charge in [-0.2, -0.15) is 5.10 Å². The van der Waals surface area contributed by atoms with Crippen LogP contribution in [0.3, 0.4) is 0 Å². The maximum atomic E-state index is 5.73. The third-order valence-corrected chi connectivity index (χ3v) is 9.88. The second-order valence-corrected chi connectivity index (χ2v) is 11.9. The van der Waals surface area contributed by atoms with Crippen molar-refractivity contribution in [3.8, 4) is 11.3 Å². The molecule has 4 aromatic rings. The van der Waals surface area contributed by atoms with Gasteiger partial charge >= 0.3 is 0 Å². The molecule has 5 heterocycles. The first kappa shape index (κ1) is 23.2. The predicted molar refractivity (Wildman–Crippen MR) is 144 cm³/mol. The van der Waals surface area contributed by atoms with Crippen molar-refractivity contribution >= 4 is 27.2 Å². The highest BCUT2D eigenvalue weighted by Gasteiger charge is 2.31. The molecule has 1 saturated carbocycles. The summed E-state index contributed by atoms with van der Waals surface area (Å²) in [6.45, 7) is 14.3. The largest absolute Gasteiger partial charge is 0.366 e. The van der Waals surface area contributed by atoms with Crippen LogP contribution in [0.4, 0.5) is 0 Å². The first-order chi connectivity index (χ1) is 16.9. The number of pyridine rings is 1. The number of ether oxygens (including phenoxy) is 1. The molecule has 0 aromatic carbocycles. The summed E-state index contributed by atoms with van der Waals surface area (Å²) in [6.07, 6.45) is 10.1. The van der Waals surface area contributed by atoms with Crippen LogP contribution in [-0.4, -0.2) is 50.4 Å². The second kappa shape index (κ2) is 9.02. The summed E-state index contributed by atoms with van der Waals surface area (Å²) in [5.74, 6) is 1.11. The minimum atomic E-state index is 0.431. The lowest BCUT2D eigenvalue weighted by atomic mass is 9.83. The Morgan fingerprint density at radius 2 is 1.89 bits per heavy atom. The number of nitrogens with one attached hydrogen (secondary N) is 1. The molecule has 0 spiro atoms. The summed E-state index contributed by atoms with van der Waals surface area (Å²) in [7, 11) is 0. The fourth-order valence-electron chi connectivity index (χ4n) is 6.49. The highest BCUT2D eigenvalue weighted by Crippen LogP contribution is 2.47. The minimum absolute atomic E-state index is 0.431. The average molecular weight is 492 g/mol. The summed E-state index contributed by atoms with van der Waals surface area (Å²) >= 11 is 2.00. The van der Waals surface area contributed by atoms with Crippen LogP contribution in [0.15, 0.2) is 12.5 Å². The van der Waals surface area contributed by atoms with E-state index in [1.165, 1.54) is 82.4 Å². The maximum Gasteiger partial charge on any atom is 0.158 e. The molecule has 4 aromatic heterocycles. The first-order valence-electron chi connectivity index (χ1n) is 13.2. The monoisotopic (exact) mass is 491 g/mol. The number of nitrogens with zero attached hydrogens (tertiary/aromatic N) is 4. The van der Waals surface area contributed by atoms with Gasteiger partial charge in [0.05, 0.1) is 12.4 Å². The summed E-state index contributed by atoms with van der Waals surface area (Å²) in [5, 5.41) is 5.89. The molecule has 2 aliphatic rings. The van der Waals surface area contributed by atoms with Crippen LogP contribution in [0, 0.1) is 20.8 Å². The minimum Gasteiger partial charge on any atom is -0.366 e. The van der Waals surface area contributed by atoms with Crippen LogP contribution in [0.5, 0.6) is 0 Å². The van der Waals surface area contributed by atoms with Gasteiger partial charge in [-0.15, -0.1) is 11.3 Å². The molecule has 6 nitrogen and oxygen atoms in total. The van der Waals surface area contributed by atoms with Crippen LogP contribution in [0.25, 0.3) is 27.1 Å². The van der Waals surface area contributed by atoms with Crippen molar-refractivity contribution < 1.29 is 4.74 Å². The molecular formula is C28H37N5OS. The molecule has 186 valence electrons. The molecule has 0 atom stereocenters. The van der Waals surface area contributed by atoms with Crippen LogP contribution < -0.4 is 0 Å². The lowest BCUT2D eigenvalue weighted by molar-refractivity contribution is -0.0437. The van der Waals surface area contributed by atoms with Crippen molar-refractivity contribution in [1.82, 2.24) is 24.5 Å². The van der Waals surface area contributed by atoms with E-state index in [0.29, 0.717) is 17.9 Å². The highest BCUT2D eigenvalue weighted by molar-refractivity contribution is 7.19. The zero-order valence-corrected chi connectivity index (χ0v) is 22.5. The van der Waals surface area contributed by atoms with E-state index in [1.54, 1.807) is 11.2 Å². The molecule has 0 amide bonds. The van der Waals surface area contributed by atoms with Gasteiger partial charge in [-0.05, 0) is 87.0 Å². The van der Waals surface area contributed by atoms with Crippen molar-refractivity contribution in [3.05, 3.63) is 39.7 Å². The van der Waals surface area contributed by atoms with Gasteiger partial charge in [0.1, 0.15) is 11.2 Å². The van der Waals surface area contributed by atoms with E-state index in [9.17, 15) is 0 Å². The Kier molecular flexibility index (Phi) is 5.98. The van der Waals surface area contributed by atoms with Crippen molar-refractivity contribution in [2.75, 3.05) is 19.9 Å². The number of aromatic nitrogens is 4. The second-order valence-electron chi connectivity index (χ2n) is 10.9. The number of aryl methyl sites for hydroxylation is 2. The number of hydrogen-bond donors (Lipinski definition) is 1. The Morgan fingerprint density at radius 3 is 2.60 bits per heavy atom. The summed E-state index contributed by atoms with van der Waals surface area (Å²) in [6, 6.07) is 0.701. The van der Waals surface area contributed by atoms with E-state index < -0.39 is 0 Å². The van der Waals surface area contributed by atoms with Crippen molar-refractivity contribution in [3.63, 3.8) is 0 Å². The van der Waals surface area contributed by atoms with Gasteiger partial charge in [0.25, 0.3) is 0 Å².